The molecule has 0 aromatic heterocycles. The third-order valence-electron chi connectivity index (χ3n) is 5.19. The Bertz CT molecular complexity index is 504. The van der Waals surface area contributed by atoms with Gasteiger partial charge in [-0.05, 0) is 38.7 Å². The summed E-state index contributed by atoms with van der Waals surface area (Å²) in [4.78, 5) is 23.0. The van der Waals surface area contributed by atoms with E-state index in [1.165, 1.54) is 6.08 Å². The van der Waals surface area contributed by atoms with Crippen LogP contribution in [-0.4, -0.2) is 52.1 Å². The third-order valence-corrected chi connectivity index (χ3v) is 5.19. The minimum absolute atomic E-state index is 0.0934. The highest BCUT2D eigenvalue weighted by atomic mass is 17.2. The van der Waals surface area contributed by atoms with E-state index in [2.05, 4.69) is 6.58 Å². The number of ether oxygens (including phenoxy) is 1. The van der Waals surface area contributed by atoms with Gasteiger partial charge in [0.25, 0.3) is 5.95 Å². The lowest BCUT2D eigenvalue weighted by molar-refractivity contribution is -0.325. The molecule has 0 aliphatic heterocycles. The molecule has 0 saturated heterocycles. The summed E-state index contributed by atoms with van der Waals surface area (Å²) in [7, 11) is 0. The number of aliphatic hydroxyl groups excluding tert-OH is 3. The molecule has 0 spiro atoms. The molecule has 0 aromatic carbocycles. The van der Waals surface area contributed by atoms with Crippen LogP contribution in [0.15, 0.2) is 24.7 Å². The van der Waals surface area contributed by atoms with Gasteiger partial charge in [0.2, 0.25) is 0 Å². The first-order valence-corrected chi connectivity index (χ1v) is 9.27. The van der Waals surface area contributed by atoms with Crippen LogP contribution in [0.4, 0.5) is 0 Å². The van der Waals surface area contributed by atoms with Crippen LogP contribution >= 0.6 is 0 Å². The van der Waals surface area contributed by atoms with Crippen LogP contribution in [0, 0.1) is 11.8 Å². The van der Waals surface area contributed by atoms with Crippen molar-refractivity contribution in [1.29, 1.82) is 0 Å². The second kappa shape index (κ2) is 10.1. The van der Waals surface area contributed by atoms with Crippen molar-refractivity contribution in [3.05, 3.63) is 24.7 Å². The first-order valence-electron chi connectivity index (χ1n) is 9.27. The zero-order valence-electron chi connectivity index (χ0n) is 15.3. The molecule has 7 heteroatoms. The summed E-state index contributed by atoms with van der Waals surface area (Å²) in [6.45, 7) is 5.46. The van der Waals surface area contributed by atoms with E-state index in [0.717, 1.165) is 0 Å². The van der Waals surface area contributed by atoms with E-state index >= 15 is 0 Å². The molecule has 6 unspecified atom stereocenters. The van der Waals surface area contributed by atoms with Crippen LogP contribution in [-0.2, 0) is 19.3 Å². The van der Waals surface area contributed by atoms with Crippen molar-refractivity contribution in [3.63, 3.8) is 0 Å². The van der Waals surface area contributed by atoms with Gasteiger partial charge >= 0.3 is 0 Å². The van der Waals surface area contributed by atoms with Gasteiger partial charge in [0.15, 0.2) is 0 Å². The van der Waals surface area contributed by atoms with Crippen molar-refractivity contribution >= 4 is 5.78 Å². The molecule has 0 heterocycles. The number of hydrogen-bond donors (Lipinski definition) is 3. The highest BCUT2D eigenvalue weighted by Crippen LogP contribution is 2.35. The van der Waals surface area contributed by atoms with E-state index in [-0.39, 0.29) is 37.0 Å². The zero-order valence-corrected chi connectivity index (χ0v) is 15.3. The van der Waals surface area contributed by atoms with E-state index < -0.39 is 24.0 Å². The zero-order chi connectivity index (χ0) is 19.1. The number of carbonyl (C=O) groups is 1. The second-order valence-corrected chi connectivity index (χ2v) is 7.03. The number of rotatable bonds is 8. The predicted molar refractivity (Wildman–Crippen MR) is 94.0 cm³/mol. The lowest BCUT2D eigenvalue weighted by atomic mass is 9.73. The minimum atomic E-state index is -0.831. The van der Waals surface area contributed by atoms with E-state index in [9.17, 15) is 20.1 Å². The van der Waals surface area contributed by atoms with Crippen LogP contribution in [0.3, 0.4) is 0 Å². The average molecular weight is 370 g/mol. The molecule has 3 N–H and O–H groups in total. The van der Waals surface area contributed by atoms with Gasteiger partial charge in [-0.25, -0.2) is 9.78 Å². The maximum Gasteiger partial charge on any atom is 0.272 e. The number of allylic oxidation sites excluding steroid dienone is 1. The van der Waals surface area contributed by atoms with Crippen LogP contribution in [0.2, 0.25) is 0 Å². The SMILES string of the molecule is C=CCOOC1CCC(C(=O)C2CCC(O/C(O)=C/C)CC2O)C(O)C1. The fourth-order valence-corrected chi connectivity index (χ4v) is 3.77. The first kappa shape index (κ1) is 20.9. The summed E-state index contributed by atoms with van der Waals surface area (Å²) in [5.41, 5.74) is 0. The maximum absolute atomic E-state index is 12.8. The summed E-state index contributed by atoms with van der Waals surface area (Å²) in [6.07, 6.45) is 3.64. The normalized spacial score (nSPS) is 35.7. The molecule has 2 saturated carbocycles. The summed E-state index contributed by atoms with van der Waals surface area (Å²) in [5, 5.41) is 30.2. The number of ketones is 1. The van der Waals surface area contributed by atoms with E-state index in [1.807, 2.05) is 0 Å². The summed E-state index contributed by atoms with van der Waals surface area (Å²) in [6, 6.07) is 0. The Morgan fingerprint density at radius 2 is 1.65 bits per heavy atom. The van der Waals surface area contributed by atoms with Crippen molar-refractivity contribution in [2.75, 3.05) is 6.61 Å². The van der Waals surface area contributed by atoms with Crippen molar-refractivity contribution in [3.8, 4) is 0 Å². The highest BCUT2D eigenvalue weighted by molar-refractivity contribution is 5.84. The molecule has 2 aliphatic rings. The monoisotopic (exact) mass is 370 g/mol. The highest BCUT2D eigenvalue weighted by Gasteiger charge is 2.42. The smallest absolute Gasteiger partial charge is 0.272 e. The largest absolute Gasteiger partial charge is 0.481 e. The number of carbonyl (C=O) groups excluding carboxylic acids is 1. The number of aliphatic hydroxyl groups is 3. The molecule has 0 radical (unpaired) electrons. The van der Waals surface area contributed by atoms with Gasteiger partial charge in [0, 0.05) is 24.7 Å². The van der Waals surface area contributed by atoms with Crippen molar-refractivity contribution in [2.24, 2.45) is 11.8 Å². The third kappa shape index (κ3) is 5.54. The number of hydrogen-bond acceptors (Lipinski definition) is 7. The summed E-state index contributed by atoms with van der Waals surface area (Å²) >= 11 is 0. The fourth-order valence-electron chi connectivity index (χ4n) is 3.77. The molecule has 26 heavy (non-hydrogen) atoms. The molecule has 2 aliphatic carbocycles. The molecule has 0 amide bonds. The molecule has 0 bridgehead atoms. The topological polar surface area (TPSA) is 105 Å². The molecular weight excluding hydrogens is 340 g/mol. The van der Waals surface area contributed by atoms with Crippen LogP contribution in [0.5, 0.6) is 0 Å². The van der Waals surface area contributed by atoms with E-state index in [0.29, 0.717) is 32.1 Å². The molecule has 6 atom stereocenters. The van der Waals surface area contributed by atoms with Gasteiger partial charge in [-0.1, -0.05) is 6.08 Å². The number of Topliss-reactive ketones (excluding diaryl/α,β-unsaturated/α-hetero) is 1. The quantitative estimate of drug-likeness (QED) is 0.198. The molecule has 148 valence electrons. The molecule has 2 rings (SSSR count). The predicted octanol–water partition coefficient (Wildman–Crippen LogP) is 2.18. The minimum Gasteiger partial charge on any atom is -0.481 e. The van der Waals surface area contributed by atoms with Gasteiger partial charge in [-0.15, -0.1) is 6.58 Å². The van der Waals surface area contributed by atoms with Crippen molar-refractivity contribution < 1.29 is 34.6 Å². The fraction of sp³-hybridized carbons (Fsp3) is 0.737. The Balaban J connectivity index is 1.84. The maximum atomic E-state index is 12.8. The second-order valence-electron chi connectivity index (χ2n) is 7.03. The molecule has 7 nitrogen and oxygen atoms in total. The summed E-state index contributed by atoms with van der Waals surface area (Å²) in [5.74, 6) is -1.25. The van der Waals surface area contributed by atoms with Gasteiger partial charge in [-0.2, -0.15) is 0 Å². The first-order chi connectivity index (χ1) is 12.5. The molecule has 0 aromatic rings. The molecular formula is C19H30O7. The van der Waals surface area contributed by atoms with Crippen LogP contribution < -0.4 is 0 Å². The van der Waals surface area contributed by atoms with E-state index in [1.54, 1.807) is 13.0 Å². The Morgan fingerprint density at radius 3 is 2.19 bits per heavy atom. The lowest BCUT2D eigenvalue weighted by Crippen LogP contribution is -2.45. The molecule has 2 fully saturated rings. The van der Waals surface area contributed by atoms with Crippen molar-refractivity contribution in [1.82, 2.24) is 0 Å². The lowest BCUT2D eigenvalue weighted by Gasteiger charge is -2.37. The average Bonchev–Trinajstić information content (AvgIpc) is 2.61. The van der Waals surface area contributed by atoms with Gasteiger partial charge in [0.05, 0.1) is 18.3 Å². The van der Waals surface area contributed by atoms with Crippen LogP contribution in [0.25, 0.3) is 0 Å². The van der Waals surface area contributed by atoms with E-state index in [4.69, 9.17) is 14.5 Å². The van der Waals surface area contributed by atoms with Gasteiger partial charge in [0.1, 0.15) is 18.5 Å². The van der Waals surface area contributed by atoms with Gasteiger partial charge in [-0.3, -0.25) is 4.79 Å². The Hall–Kier alpha value is -1.41. The Morgan fingerprint density at radius 1 is 1.08 bits per heavy atom. The van der Waals surface area contributed by atoms with Gasteiger partial charge < -0.3 is 20.1 Å². The Labute approximate surface area is 154 Å². The van der Waals surface area contributed by atoms with Crippen LogP contribution in [0.1, 0.15) is 45.4 Å². The summed E-state index contributed by atoms with van der Waals surface area (Å²) < 4.78 is 5.32. The Kier molecular flexibility index (Phi) is 8.09. The standard InChI is InChI=1S/C19H30O7/c1-3-9-24-26-13-6-8-15(17(21)11-13)19(23)14-7-5-12(10-16(14)20)25-18(22)4-2/h3-4,12-17,20-22H,1,5-11H2,2H3/b18-4+. The van der Waals surface area contributed by atoms with Crippen molar-refractivity contribution in [2.45, 2.75) is 69.9 Å².